The van der Waals surface area contributed by atoms with E-state index in [1.54, 1.807) is 6.07 Å². The molecule has 2 aromatic rings. The molecule has 104 valence electrons. The van der Waals surface area contributed by atoms with Crippen LogP contribution in [-0.4, -0.2) is 4.92 Å². The van der Waals surface area contributed by atoms with E-state index in [0.717, 1.165) is 21.3 Å². The molecular formula is C14H12BrClN2O2. The lowest BCUT2D eigenvalue weighted by atomic mass is 10.1. The van der Waals surface area contributed by atoms with Crippen molar-refractivity contribution in [3.8, 4) is 0 Å². The molecule has 0 fully saturated rings. The summed E-state index contributed by atoms with van der Waals surface area (Å²) < 4.78 is 1.03. The molecule has 1 N–H and O–H groups in total. The Morgan fingerprint density at radius 1 is 1.35 bits per heavy atom. The number of nitrogens with zero attached hydrogens (tertiary/aromatic N) is 1. The third kappa shape index (κ3) is 3.29. The van der Waals surface area contributed by atoms with E-state index in [9.17, 15) is 10.1 Å². The smallest absolute Gasteiger partial charge is 0.270 e. The van der Waals surface area contributed by atoms with Gasteiger partial charge in [-0.15, -0.1) is 0 Å². The van der Waals surface area contributed by atoms with E-state index < -0.39 is 4.92 Å². The summed E-state index contributed by atoms with van der Waals surface area (Å²) in [5, 5.41) is 14.3. The number of halogens is 2. The molecule has 0 saturated carbocycles. The van der Waals surface area contributed by atoms with Crippen LogP contribution in [0, 0.1) is 17.0 Å². The molecule has 0 unspecified atom stereocenters. The van der Waals surface area contributed by atoms with Crippen molar-refractivity contribution in [2.24, 2.45) is 0 Å². The molecular weight excluding hydrogens is 344 g/mol. The number of nitrogens with one attached hydrogen (secondary N) is 1. The minimum Gasteiger partial charge on any atom is -0.381 e. The molecule has 0 spiro atoms. The molecule has 0 bridgehead atoms. The van der Waals surface area contributed by atoms with Gasteiger partial charge in [0, 0.05) is 28.8 Å². The second kappa shape index (κ2) is 6.24. The van der Waals surface area contributed by atoms with Crippen LogP contribution in [0.1, 0.15) is 11.1 Å². The molecule has 0 saturated heterocycles. The first-order valence-corrected chi connectivity index (χ1v) is 7.08. The number of benzene rings is 2. The summed E-state index contributed by atoms with van der Waals surface area (Å²) >= 11 is 9.53. The van der Waals surface area contributed by atoms with Crippen molar-refractivity contribution in [3.63, 3.8) is 0 Å². The zero-order valence-corrected chi connectivity index (χ0v) is 13.0. The van der Waals surface area contributed by atoms with Gasteiger partial charge in [-0.1, -0.05) is 33.6 Å². The van der Waals surface area contributed by atoms with Crippen molar-refractivity contribution in [1.82, 2.24) is 0 Å². The molecule has 2 rings (SSSR count). The van der Waals surface area contributed by atoms with Crippen LogP contribution in [0.2, 0.25) is 5.02 Å². The van der Waals surface area contributed by atoms with Crippen molar-refractivity contribution in [3.05, 3.63) is 67.1 Å². The first kappa shape index (κ1) is 14.8. The van der Waals surface area contributed by atoms with Crippen LogP contribution < -0.4 is 5.32 Å². The average molecular weight is 356 g/mol. The van der Waals surface area contributed by atoms with Gasteiger partial charge in [0.2, 0.25) is 0 Å². The van der Waals surface area contributed by atoms with E-state index in [-0.39, 0.29) is 5.69 Å². The minimum atomic E-state index is -0.457. The Bertz CT molecular complexity index is 662. The third-order valence-electron chi connectivity index (χ3n) is 2.98. The first-order valence-electron chi connectivity index (χ1n) is 5.91. The standard InChI is InChI=1S/C14H12BrClN2O2/c1-9-12(15)3-2-4-14(9)17-8-10-5-6-11(18(19)20)7-13(10)16/h2-7,17H,8H2,1H3. The number of nitro benzene ring substituents is 1. The van der Waals surface area contributed by atoms with Gasteiger partial charge in [0.15, 0.2) is 0 Å². The zero-order valence-electron chi connectivity index (χ0n) is 10.7. The van der Waals surface area contributed by atoms with Crippen molar-refractivity contribution in [2.75, 3.05) is 5.32 Å². The number of hydrogen-bond acceptors (Lipinski definition) is 3. The Morgan fingerprint density at radius 2 is 2.10 bits per heavy atom. The minimum absolute atomic E-state index is 0.00242. The van der Waals surface area contributed by atoms with E-state index in [1.807, 2.05) is 25.1 Å². The highest BCUT2D eigenvalue weighted by molar-refractivity contribution is 9.10. The number of non-ortho nitro benzene ring substituents is 1. The molecule has 0 aliphatic heterocycles. The third-order valence-corrected chi connectivity index (χ3v) is 4.20. The van der Waals surface area contributed by atoms with Crippen molar-refractivity contribution in [1.29, 1.82) is 0 Å². The zero-order chi connectivity index (χ0) is 14.7. The summed E-state index contributed by atoms with van der Waals surface area (Å²) in [7, 11) is 0. The highest BCUT2D eigenvalue weighted by Crippen LogP contribution is 2.26. The Balaban J connectivity index is 2.15. The molecule has 4 nitrogen and oxygen atoms in total. The molecule has 0 amide bonds. The monoisotopic (exact) mass is 354 g/mol. The highest BCUT2D eigenvalue weighted by atomic mass is 79.9. The van der Waals surface area contributed by atoms with E-state index in [2.05, 4.69) is 21.2 Å². The summed E-state index contributed by atoms with van der Waals surface area (Å²) in [5.41, 5.74) is 2.91. The number of rotatable bonds is 4. The average Bonchev–Trinajstić information content (AvgIpc) is 2.41. The van der Waals surface area contributed by atoms with Crippen LogP contribution in [-0.2, 0) is 6.54 Å². The summed E-state index contributed by atoms with van der Waals surface area (Å²) in [4.78, 5) is 10.2. The number of anilines is 1. The summed E-state index contributed by atoms with van der Waals surface area (Å²) in [6.45, 7) is 2.51. The van der Waals surface area contributed by atoms with Crippen LogP contribution in [0.25, 0.3) is 0 Å². The van der Waals surface area contributed by atoms with Gasteiger partial charge in [0.1, 0.15) is 0 Å². The quantitative estimate of drug-likeness (QED) is 0.625. The Labute approximate surface area is 130 Å². The lowest BCUT2D eigenvalue weighted by Crippen LogP contribution is -2.02. The van der Waals surface area contributed by atoms with Crippen molar-refractivity contribution < 1.29 is 4.92 Å². The molecule has 0 atom stereocenters. The second-order valence-electron chi connectivity index (χ2n) is 4.30. The second-order valence-corrected chi connectivity index (χ2v) is 5.56. The SMILES string of the molecule is Cc1c(Br)cccc1NCc1ccc([N+](=O)[O-])cc1Cl. The fourth-order valence-corrected chi connectivity index (χ4v) is 2.39. The van der Waals surface area contributed by atoms with E-state index >= 15 is 0 Å². The van der Waals surface area contributed by atoms with Gasteiger partial charge in [-0.25, -0.2) is 0 Å². The summed E-state index contributed by atoms with van der Waals surface area (Å²) in [6, 6.07) is 10.4. The van der Waals surface area contributed by atoms with Crippen LogP contribution in [0.4, 0.5) is 11.4 Å². The maximum atomic E-state index is 10.7. The largest absolute Gasteiger partial charge is 0.381 e. The number of nitro groups is 1. The predicted octanol–water partition coefficient (Wildman–Crippen LogP) is 4.93. The lowest BCUT2D eigenvalue weighted by molar-refractivity contribution is -0.384. The highest BCUT2D eigenvalue weighted by Gasteiger charge is 2.09. The normalized spacial score (nSPS) is 10.3. The molecule has 0 heterocycles. The van der Waals surface area contributed by atoms with Crippen LogP contribution in [0.15, 0.2) is 40.9 Å². The topological polar surface area (TPSA) is 55.2 Å². The van der Waals surface area contributed by atoms with Gasteiger partial charge in [0.05, 0.1) is 9.95 Å². The van der Waals surface area contributed by atoms with Crippen LogP contribution in [0.5, 0.6) is 0 Å². The Morgan fingerprint density at radius 3 is 2.75 bits per heavy atom. The van der Waals surface area contributed by atoms with E-state index in [1.165, 1.54) is 12.1 Å². The van der Waals surface area contributed by atoms with Crippen molar-refractivity contribution >= 4 is 38.9 Å². The molecule has 0 radical (unpaired) electrons. The lowest BCUT2D eigenvalue weighted by Gasteiger charge is -2.11. The fraction of sp³-hybridized carbons (Fsp3) is 0.143. The Kier molecular flexibility index (Phi) is 4.62. The molecule has 20 heavy (non-hydrogen) atoms. The molecule has 6 heteroatoms. The summed E-state index contributed by atoms with van der Waals surface area (Å²) in [6.07, 6.45) is 0. The van der Waals surface area contributed by atoms with Gasteiger partial charge < -0.3 is 5.32 Å². The number of hydrogen-bond donors (Lipinski definition) is 1. The predicted molar refractivity (Wildman–Crippen MR) is 84.3 cm³/mol. The molecule has 0 aromatic heterocycles. The van der Waals surface area contributed by atoms with Crippen molar-refractivity contribution in [2.45, 2.75) is 13.5 Å². The Hall–Kier alpha value is -1.59. The maximum absolute atomic E-state index is 10.7. The van der Waals surface area contributed by atoms with E-state index in [0.29, 0.717) is 11.6 Å². The van der Waals surface area contributed by atoms with Gasteiger partial charge in [-0.05, 0) is 36.2 Å². The first-order chi connectivity index (χ1) is 9.49. The summed E-state index contributed by atoms with van der Waals surface area (Å²) in [5.74, 6) is 0. The molecule has 0 aliphatic rings. The maximum Gasteiger partial charge on any atom is 0.270 e. The van der Waals surface area contributed by atoms with Crippen LogP contribution in [0.3, 0.4) is 0 Å². The van der Waals surface area contributed by atoms with Crippen LogP contribution >= 0.6 is 27.5 Å². The fourth-order valence-electron chi connectivity index (χ4n) is 1.78. The molecule has 2 aromatic carbocycles. The van der Waals surface area contributed by atoms with E-state index in [4.69, 9.17) is 11.6 Å². The van der Waals surface area contributed by atoms with Gasteiger partial charge in [-0.3, -0.25) is 10.1 Å². The van der Waals surface area contributed by atoms with Gasteiger partial charge in [0.25, 0.3) is 5.69 Å². The molecule has 0 aliphatic carbocycles. The van der Waals surface area contributed by atoms with Gasteiger partial charge in [-0.2, -0.15) is 0 Å². The van der Waals surface area contributed by atoms with Gasteiger partial charge >= 0.3 is 0 Å².